The molecule has 0 aliphatic carbocycles. The molecule has 2 aliphatic rings. The van der Waals surface area contributed by atoms with E-state index in [1.807, 2.05) is 32.0 Å². The van der Waals surface area contributed by atoms with Crippen LogP contribution >= 0.6 is 0 Å². The normalized spacial score (nSPS) is 19.2. The van der Waals surface area contributed by atoms with Crippen LogP contribution in [0.15, 0.2) is 41.3 Å². The standard InChI is InChI=1S/C21H24N2O5S/c1-14-10-15(2)12-16(11-14)22-21(24)18-4-3-7-23(18)29(25,26)17-5-6-19-20(13-17)28-9-8-27-19/h5-6,10-13,18H,3-4,7-9H2,1-2H3,(H,22,24). The number of anilines is 1. The van der Waals surface area contributed by atoms with Gasteiger partial charge in [0.25, 0.3) is 0 Å². The van der Waals surface area contributed by atoms with Crippen molar-refractivity contribution in [2.75, 3.05) is 25.1 Å². The molecule has 0 saturated carbocycles. The number of carbonyl (C=O) groups is 1. The van der Waals surface area contributed by atoms with E-state index in [2.05, 4.69) is 5.32 Å². The third-order valence-corrected chi connectivity index (χ3v) is 7.02. The van der Waals surface area contributed by atoms with E-state index in [-0.39, 0.29) is 10.8 Å². The third-order valence-electron chi connectivity index (χ3n) is 5.12. The summed E-state index contributed by atoms with van der Waals surface area (Å²) in [5.74, 6) is 0.627. The molecule has 29 heavy (non-hydrogen) atoms. The van der Waals surface area contributed by atoms with Crippen molar-refractivity contribution in [3.63, 3.8) is 0 Å². The molecule has 1 atom stereocenters. The van der Waals surface area contributed by atoms with E-state index in [0.29, 0.717) is 49.8 Å². The molecular formula is C21H24N2O5S. The maximum Gasteiger partial charge on any atom is 0.243 e. The van der Waals surface area contributed by atoms with Crippen LogP contribution in [0.25, 0.3) is 0 Å². The summed E-state index contributed by atoms with van der Waals surface area (Å²) in [5.41, 5.74) is 2.75. The van der Waals surface area contributed by atoms with Gasteiger partial charge in [0.15, 0.2) is 11.5 Å². The van der Waals surface area contributed by atoms with Crippen molar-refractivity contribution >= 4 is 21.6 Å². The topological polar surface area (TPSA) is 84.9 Å². The predicted molar refractivity (Wildman–Crippen MR) is 109 cm³/mol. The number of hydrogen-bond donors (Lipinski definition) is 1. The molecule has 2 aromatic carbocycles. The van der Waals surface area contributed by atoms with E-state index in [1.165, 1.54) is 16.4 Å². The molecular weight excluding hydrogens is 392 g/mol. The summed E-state index contributed by atoms with van der Waals surface area (Å²) in [4.78, 5) is 13.0. The zero-order valence-electron chi connectivity index (χ0n) is 16.5. The molecule has 2 aliphatic heterocycles. The average molecular weight is 416 g/mol. The van der Waals surface area contributed by atoms with Gasteiger partial charge in [-0.1, -0.05) is 6.07 Å². The quantitative estimate of drug-likeness (QED) is 0.828. The first kappa shape index (κ1) is 19.7. The Morgan fingerprint density at radius 1 is 1.03 bits per heavy atom. The van der Waals surface area contributed by atoms with Gasteiger partial charge >= 0.3 is 0 Å². The lowest BCUT2D eigenvalue weighted by Gasteiger charge is -2.25. The molecule has 2 heterocycles. The van der Waals surface area contributed by atoms with E-state index >= 15 is 0 Å². The van der Waals surface area contributed by atoms with Crippen LogP contribution in [-0.4, -0.2) is 44.4 Å². The summed E-state index contributed by atoms with van der Waals surface area (Å²) in [6.07, 6.45) is 1.12. The maximum atomic E-state index is 13.2. The van der Waals surface area contributed by atoms with Crippen molar-refractivity contribution in [2.24, 2.45) is 0 Å². The molecule has 7 nitrogen and oxygen atoms in total. The number of carbonyl (C=O) groups excluding carboxylic acids is 1. The lowest BCUT2D eigenvalue weighted by atomic mass is 10.1. The van der Waals surface area contributed by atoms with Gasteiger partial charge in [0.2, 0.25) is 15.9 Å². The van der Waals surface area contributed by atoms with Crippen LogP contribution < -0.4 is 14.8 Å². The number of rotatable bonds is 4. The number of nitrogens with one attached hydrogen (secondary N) is 1. The van der Waals surface area contributed by atoms with Gasteiger partial charge in [0.05, 0.1) is 4.90 Å². The number of ether oxygens (including phenoxy) is 2. The molecule has 1 amide bonds. The van der Waals surface area contributed by atoms with Crippen molar-refractivity contribution in [2.45, 2.75) is 37.6 Å². The van der Waals surface area contributed by atoms with E-state index in [9.17, 15) is 13.2 Å². The predicted octanol–water partition coefficient (Wildman–Crippen LogP) is 2.87. The minimum absolute atomic E-state index is 0.104. The largest absolute Gasteiger partial charge is 0.486 e. The van der Waals surface area contributed by atoms with Gasteiger partial charge in [-0.2, -0.15) is 4.31 Å². The Bertz CT molecular complexity index is 1030. The van der Waals surface area contributed by atoms with Gasteiger partial charge in [0, 0.05) is 18.3 Å². The number of hydrogen-bond acceptors (Lipinski definition) is 5. The maximum absolute atomic E-state index is 13.2. The van der Waals surface area contributed by atoms with E-state index in [1.54, 1.807) is 6.07 Å². The number of amides is 1. The lowest BCUT2D eigenvalue weighted by Crippen LogP contribution is -2.43. The molecule has 0 bridgehead atoms. The minimum atomic E-state index is -3.84. The Balaban J connectivity index is 1.57. The number of sulfonamides is 1. The highest BCUT2D eigenvalue weighted by atomic mass is 32.2. The highest BCUT2D eigenvalue weighted by Crippen LogP contribution is 2.35. The summed E-state index contributed by atoms with van der Waals surface area (Å²) in [7, 11) is -3.84. The molecule has 1 unspecified atom stereocenters. The van der Waals surface area contributed by atoms with Crippen LogP contribution in [0.5, 0.6) is 11.5 Å². The first-order valence-corrected chi connectivity index (χ1v) is 11.1. The first-order chi connectivity index (χ1) is 13.8. The van der Waals surface area contributed by atoms with E-state index in [0.717, 1.165) is 11.1 Å². The second kappa shape index (κ2) is 7.68. The van der Waals surface area contributed by atoms with Gasteiger partial charge in [-0.15, -0.1) is 0 Å². The second-order valence-corrected chi connectivity index (χ2v) is 9.34. The van der Waals surface area contributed by atoms with Crippen LogP contribution in [0.2, 0.25) is 0 Å². The molecule has 1 fully saturated rings. The van der Waals surface area contributed by atoms with Crippen molar-refractivity contribution in [3.8, 4) is 11.5 Å². The number of aryl methyl sites for hydroxylation is 2. The molecule has 0 spiro atoms. The Morgan fingerprint density at radius 2 is 1.72 bits per heavy atom. The minimum Gasteiger partial charge on any atom is -0.486 e. The Hall–Kier alpha value is -2.58. The first-order valence-electron chi connectivity index (χ1n) is 9.65. The van der Waals surface area contributed by atoms with Crippen LogP contribution in [-0.2, 0) is 14.8 Å². The van der Waals surface area contributed by atoms with E-state index in [4.69, 9.17) is 9.47 Å². The molecule has 2 aromatic rings. The molecule has 8 heteroatoms. The molecule has 0 radical (unpaired) electrons. The van der Waals surface area contributed by atoms with Crippen molar-refractivity contribution < 1.29 is 22.7 Å². The van der Waals surface area contributed by atoms with Gasteiger partial charge in [-0.25, -0.2) is 8.42 Å². The highest BCUT2D eigenvalue weighted by molar-refractivity contribution is 7.89. The van der Waals surface area contributed by atoms with Crippen molar-refractivity contribution in [1.29, 1.82) is 0 Å². The third kappa shape index (κ3) is 3.95. The van der Waals surface area contributed by atoms with E-state index < -0.39 is 16.1 Å². The second-order valence-electron chi connectivity index (χ2n) is 7.44. The smallest absolute Gasteiger partial charge is 0.243 e. The van der Waals surface area contributed by atoms with Gasteiger partial charge in [0.1, 0.15) is 19.3 Å². The number of nitrogens with zero attached hydrogens (tertiary/aromatic N) is 1. The summed E-state index contributed by atoms with van der Waals surface area (Å²) < 4.78 is 38.8. The van der Waals surface area contributed by atoms with Crippen molar-refractivity contribution in [1.82, 2.24) is 4.31 Å². The molecule has 1 saturated heterocycles. The summed E-state index contributed by atoms with van der Waals surface area (Å²) in [6, 6.07) is 9.60. The van der Waals surface area contributed by atoms with Crippen LogP contribution in [0, 0.1) is 13.8 Å². The number of benzene rings is 2. The van der Waals surface area contributed by atoms with Gasteiger partial charge in [-0.3, -0.25) is 4.79 Å². The van der Waals surface area contributed by atoms with Crippen LogP contribution in [0.3, 0.4) is 0 Å². The zero-order chi connectivity index (χ0) is 20.6. The Morgan fingerprint density at radius 3 is 2.45 bits per heavy atom. The highest BCUT2D eigenvalue weighted by Gasteiger charge is 2.40. The van der Waals surface area contributed by atoms with Gasteiger partial charge in [-0.05, 0) is 62.1 Å². The Kier molecular flexibility index (Phi) is 5.23. The van der Waals surface area contributed by atoms with Crippen LogP contribution in [0.4, 0.5) is 5.69 Å². The number of fused-ring (bicyclic) bond motifs is 1. The van der Waals surface area contributed by atoms with Gasteiger partial charge < -0.3 is 14.8 Å². The summed E-state index contributed by atoms with van der Waals surface area (Å²) >= 11 is 0. The average Bonchev–Trinajstić information content (AvgIpc) is 3.18. The van der Waals surface area contributed by atoms with Crippen LogP contribution in [0.1, 0.15) is 24.0 Å². The molecule has 1 N–H and O–H groups in total. The fourth-order valence-electron chi connectivity index (χ4n) is 3.88. The summed E-state index contributed by atoms with van der Waals surface area (Å²) in [6.45, 7) is 5.03. The summed E-state index contributed by atoms with van der Waals surface area (Å²) in [5, 5.41) is 2.88. The molecule has 4 rings (SSSR count). The monoisotopic (exact) mass is 416 g/mol. The fourth-order valence-corrected chi connectivity index (χ4v) is 5.55. The van der Waals surface area contributed by atoms with Crippen molar-refractivity contribution in [3.05, 3.63) is 47.5 Å². The SMILES string of the molecule is Cc1cc(C)cc(NC(=O)C2CCCN2S(=O)(=O)c2ccc3c(c2)OCCO3)c1. The Labute approximate surface area is 170 Å². The lowest BCUT2D eigenvalue weighted by molar-refractivity contribution is -0.119. The zero-order valence-corrected chi connectivity index (χ0v) is 17.3. The molecule has 154 valence electrons. The molecule has 0 aromatic heterocycles. The fraction of sp³-hybridized carbons (Fsp3) is 0.381.